The van der Waals surface area contributed by atoms with Crippen molar-refractivity contribution in [1.82, 2.24) is 25.5 Å². The first-order valence-electron chi connectivity index (χ1n) is 17.8. The van der Waals surface area contributed by atoms with E-state index in [4.69, 9.17) is 4.74 Å². The van der Waals surface area contributed by atoms with Crippen molar-refractivity contribution in [2.24, 2.45) is 5.92 Å². The van der Waals surface area contributed by atoms with Gasteiger partial charge in [-0.25, -0.2) is 4.63 Å². The van der Waals surface area contributed by atoms with Gasteiger partial charge in [-0.1, -0.05) is 25.0 Å². The molecule has 14 nitrogen and oxygen atoms in total. The number of aryl methyl sites for hydroxylation is 1. The Hall–Kier alpha value is -5.31. The number of likely N-dealkylation sites (N-methyl/N-ethyl adjacent to an activating group) is 1. The summed E-state index contributed by atoms with van der Waals surface area (Å²) in [5, 5.41) is 26.7. The molecule has 274 valence electrons. The van der Waals surface area contributed by atoms with Crippen LogP contribution in [0.1, 0.15) is 74.3 Å². The van der Waals surface area contributed by atoms with Gasteiger partial charge in [0, 0.05) is 36.8 Å². The van der Waals surface area contributed by atoms with E-state index in [9.17, 15) is 24.5 Å². The van der Waals surface area contributed by atoms with Crippen LogP contribution in [-0.2, 0) is 16.1 Å². The Kier molecular flexibility index (Phi) is 11.8. The molecule has 0 radical (unpaired) electrons. The molecule has 1 aliphatic rings. The average Bonchev–Trinajstić information content (AvgIpc) is 3.88. The highest BCUT2D eigenvalue weighted by molar-refractivity contribution is 7.17. The van der Waals surface area contributed by atoms with Crippen molar-refractivity contribution in [3.8, 4) is 5.75 Å². The van der Waals surface area contributed by atoms with E-state index in [1.54, 1.807) is 16.2 Å². The van der Waals surface area contributed by atoms with Crippen molar-refractivity contribution < 1.29 is 28.7 Å². The molecule has 0 unspecified atom stereocenters. The molecule has 2 N–H and O–H groups in total. The number of nitrogens with zero attached hydrogens (tertiary/aromatic N) is 5. The maximum atomic E-state index is 13.6. The van der Waals surface area contributed by atoms with Gasteiger partial charge in [0.25, 0.3) is 5.91 Å². The molecular formula is C37H43N7O7S. The minimum absolute atomic E-state index is 0.0436. The van der Waals surface area contributed by atoms with Gasteiger partial charge in [-0.2, -0.15) is 0 Å². The summed E-state index contributed by atoms with van der Waals surface area (Å²) in [6.45, 7) is 5.53. The van der Waals surface area contributed by atoms with Crippen LogP contribution >= 0.6 is 11.3 Å². The summed E-state index contributed by atoms with van der Waals surface area (Å²) in [4.78, 5) is 52.4. The fourth-order valence-electron chi connectivity index (χ4n) is 6.83. The number of anilines is 1. The van der Waals surface area contributed by atoms with Crippen molar-refractivity contribution in [3.05, 3.63) is 75.3 Å². The smallest absolute Gasteiger partial charge is 0.301 e. The number of non-ortho nitro benzene ring substituents is 1. The van der Waals surface area contributed by atoms with E-state index in [1.807, 2.05) is 60.2 Å². The van der Waals surface area contributed by atoms with Crippen LogP contribution in [0.3, 0.4) is 0 Å². The van der Waals surface area contributed by atoms with E-state index in [2.05, 4.69) is 25.6 Å². The van der Waals surface area contributed by atoms with Gasteiger partial charge < -0.3 is 24.8 Å². The number of amides is 3. The predicted molar refractivity (Wildman–Crippen MR) is 198 cm³/mol. The number of carbonyl (C=O) groups is 3. The standard InChI is InChI=1S/C37H43N7O7S/c1-3-42(27-10-8-9-24(2)21-27)33(45)23-43-28-17-20-52-32(28)22-30(43)37(47)39-26-13-11-25(12-14-26)36(46)38-18-6-4-5-7-19-50-31-16-15-29(44(48)49)34-35(31)41-51-40-34/h8-10,15-17,20-22,25-26H,3-7,11-14,18-19,23H2,1-2H3,(H,38,46)(H,39,47). The molecule has 1 aliphatic carbocycles. The van der Waals surface area contributed by atoms with Gasteiger partial charge in [0.15, 0.2) is 11.3 Å². The molecule has 0 saturated heterocycles. The summed E-state index contributed by atoms with van der Waals surface area (Å²) in [6.07, 6.45) is 6.23. The highest BCUT2D eigenvalue weighted by Gasteiger charge is 2.29. The maximum absolute atomic E-state index is 13.6. The molecule has 3 amide bonds. The topological polar surface area (TPSA) is 175 Å². The molecule has 3 aromatic heterocycles. The van der Waals surface area contributed by atoms with Gasteiger partial charge in [-0.15, -0.1) is 11.3 Å². The van der Waals surface area contributed by atoms with Crippen molar-refractivity contribution in [2.45, 2.75) is 77.8 Å². The second-order valence-electron chi connectivity index (χ2n) is 13.1. The number of benzene rings is 2. The third-order valence-electron chi connectivity index (χ3n) is 9.59. The molecule has 5 aromatic rings. The number of thiophene rings is 1. The van der Waals surface area contributed by atoms with Crippen LogP contribution < -0.4 is 20.3 Å². The maximum Gasteiger partial charge on any atom is 0.301 e. The normalized spacial score (nSPS) is 15.8. The summed E-state index contributed by atoms with van der Waals surface area (Å²) >= 11 is 1.54. The first-order valence-corrected chi connectivity index (χ1v) is 18.7. The number of aromatic nitrogens is 3. The van der Waals surface area contributed by atoms with Gasteiger partial charge in [0.2, 0.25) is 17.3 Å². The Morgan fingerprint density at radius 1 is 1.04 bits per heavy atom. The summed E-state index contributed by atoms with van der Waals surface area (Å²) in [5.74, 6) is 0.0719. The van der Waals surface area contributed by atoms with Crippen LogP contribution in [0.15, 0.2) is 58.5 Å². The fourth-order valence-corrected chi connectivity index (χ4v) is 7.65. The largest absolute Gasteiger partial charge is 0.491 e. The van der Waals surface area contributed by atoms with Crippen LogP contribution in [0, 0.1) is 23.0 Å². The molecule has 0 aliphatic heterocycles. The van der Waals surface area contributed by atoms with Crippen LogP contribution in [0.25, 0.3) is 21.3 Å². The molecule has 0 atom stereocenters. The molecule has 1 saturated carbocycles. The van der Waals surface area contributed by atoms with Gasteiger partial charge in [0.1, 0.15) is 12.2 Å². The number of nitro groups is 1. The number of rotatable bonds is 16. The number of fused-ring (bicyclic) bond motifs is 2. The molecule has 3 heterocycles. The second-order valence-corrected chi connectivity index (χ2v) is 14.1. The van der Waals surface area contributed by atoms with Crippen LogP contribution in [0.5, 0.6) is 5.75 Å². The summed E-state index contributed by atoms with van der Waals surface area (Å²) in [6, 6.07) is 14.5. The molecule has 15 heteroatoms. The third kappa shape index (κ3) is 8.41. The number of unbranched alkanes of at least 4 members (excludes halogenated alkanes) is 3. The number of ether oxygens (including phenoxy) is 1. The quantitative estimate of drug-likeness (QED) is 0.0648. The lowest BCUT2D eigenvalue weighted by Gasteiger charge is -2.28. The van der Waals surface area contributed by atoms with E-state index in [-0.39, 0.29) is 52.9 Å². The van der Waals surface area contributed by atoms with Crippen molar-refractivity contribution in [2.75, 3.05) is 24.6 Å². The minimum atomic E-state index is -0.538. The Labute approximate surface area is 304 Å². The van der Waals surface area contributed by atoms with E-state index >= 15 is 0 Å². The van der Waals surface area contributed by atoms with E-state index in [1.165, 1.54) is 12.1 Å². The molecular weight excluding hydrogens is 687 g/mol. The van der Waals surface area contributed by atoms with Gasteiger partial charge in [0.05, 0.1) is 21.7 Å². The zero-order valence-corrected chi connectivity index (χ0v) is 30.2. The molecule has 1 fully saturated rings. The molecule has 0 spiro atoms. The van der Waals surface area contributed by atoms with Crippen LogP contribution in [-0.4, -0.2) is 63.3 Å². The average molecular weight is 730 g/mol. The number of carbonyl (C=O) groups excluding carboxylic acids is 3. The summed E-state index contributed by atoms with van der Waals surface area (Å²) < 4.78 is 13.2. The monoisotopic (exact) mass is 729 g/mol. The Morgan fingerprint density at radius 3 is 2.60 bits per heavy atom. The SMILES string of the molecule is CCN(C(=O)Cn1c(C(=O)NC2CCC(C(=O)NCCCCCCOc3ccc([N+](=O)[O-])c4nonc34)CC2)cc2sccc21)c1cccc(C)c1. The number of hydrogen-bond donors (Lipinski definition) is 2. The van der Waals surface area contributed by atoms with Crippen LogP contribution in [0.2, 0.25) is 0 Å². The lowest BCUT2D eigenvalue weighted by atomic mass is 9.85. The minimum Gasteiger partial charge on any atom is -0.491 e. The zero-order chi connectivity index (χ0) is 36.6. The highest BCUT2D eigenvalue weighted by atomic mass is 32.1. The zero-order valence-electron chi connectivity index (χ0n) is 29.3. The summed E-state index contributed by atoms with van der Waals surface area (Å²) in [5.41, 5.74) is 3.35. The third-order valence-corrected chi connectivity index (χ3v) is 10.4. The second kappa shape index (κ2) is 16.8. The molecule has 6 rings (SSSR count). The van der Waals surface area contributed by atoms with E-state index in [0.717, 1.165) is 47.2 Å². The number of nitrogens with one attached hydrogen (secondary N) is 2. The number of hydrogen-bond acceptors (Lipinski definition) is 10. The lowest BCUT2D eigenvalue weighted by molar-refractivity contribution is -0.383. The molecule has 52 heavy (non-hydrogen) atoms. The van der Waals surface area contributed by atoms with Gasteiger partial charge >= 0.3 is 5.69 Å². The Morgan fingerprint density at radius 2 is 1.83 bits per heavy atom. The fraction of sp³-hybridized carbons (Fsp3) is 0.432. The first kappa shape index (κ1) is 36.5. The molecule has 0 bridgehead atoms. The lowest BCUT2D eigenvalue weighted by Crippen LogP contribution is -2.42. The number of nitro benzene ring substituents is 1. The van der Waals surface area contributed by atoms with Crippen LogP contribution in [0.4, 0.5) is 11.4 Å². The van der Waals surface area contributed by atoms with Crippen molar-refractivity contribution in [3.63, 3.8) is 0 Å². The molecule has 2 aromatic carbocycles. The van der Waals surface area contributed by atoms with E-state index < -0.39 is 4.92 Å². The summed E-state index contributed by atoms with van der Waals surface area (Å²) in [7, 11) is 0. The van der Waals surface area contributed by atoms with Crippen molar-refractivity contribution in [1.29, 1.82) is 0 Å². The predicted octanol–water partition coefficient (Wildman–Crippen LogP) is 6.55. The highest BCUT2D eigenvalue weighted by Crippen LogP contribution is 2.31. The van der Waals surface area contributed by atoms with Gasteiger partial charge in [-0.3, -0.25) is 24.5 Å². The van der Waals surface area contributed by atoms with Crippen molar-refractivity contribution >= 4 is 61.7 Å². The Balaban J connectivity index is 0.907. The van der Waals surface area contributed by atoms with Gasteiger partial charge in [-0.05, 0) is 104 Å². The Bertz CT molecular complexity index is 2050. The van der Waals surface area contributed by atoms with E-state index in [0.29, 0.717) is 56.8 Å². The first-order chi connectivity index (χ1) is 25.2.